The first-order valence-corrected chi connectivity index (χ1v) is 6.53. The van der Waals surface area contributed by atoms with Crippen LogP contribution >= 0.6 is 0 Å². The molecule has 0 heterocycles. The minimum atomic E-state index is -0.448. The average Bonchev–Trinajstić information content (AvgIpc) is 2.54. The Hall–Kier alpha value is -2.75. The molecule has 106 valence electrons. The van der Waals surface area contributed by atoms with Gasteiger partial charge in [0.15, 0.2) is 0 Å². The lowest BCUT2D eigenvalue weighted by molar-refractivity contribution is 0.0604. The van der Waals surface area contributed by atoms with Gasteiger partial charge < -0.3 is 15.2 Å². The molecule has 0 aromatic heterocycles. The Morgan fingerprint density at radius 2 is 1.62 bits per heavy atom. The minimum Gasteiger partial charge on any atom is -0.497 e. The fraction of sp³-hybridized carbons (Fsp3) is 0.118. The molecule has 0 bridgehead atoms. The number of benzene rings is 3. The van der Waals surface area contributed by atoms with Crippen molar-refractivity contribution >= 4 is 33.2 Å². The third-order valence-electron chi connectivity index (χ3n) is 3.66. The van der Waals surface area contributed by atoms with Crippen LogP contribution in [-0.2, 0) is 4.74 Å². The molecule has 0 radical (unpaired) electrons. The predicted octanol–water partition coefficient (Wildman–Crippen LogP) is 3.37. The van der Waals surface area contributed by atoms with E-state index in [-0.39, 0.29) is 0 Å². The van der Waals surface area contributed by atoms with Crippen molar-refractivity contribution in [3.63, 3.8) is 0 Å². The van der Waals surface area contributed by atoms with E-state index >= 15 is 0 Å². The first-order chi connectivity index (χ1) is 10.2. The second-order valence-corrected chi connectivity index (χ2v) is 4.74. The Morgan fingerprint density at radius 3 is 2.29 bits per heavy atom. The van der Waals surface area contributed by atoms with Gasteiger partial charge in [0.25, 0.3) is 0 Å². The zero-order valence-corrected chi connectivity index (χ0v) is 11.8. The number of ether oxygens (including phenoxy) is 2. The van der Waals surface area contributed by atoms with Gasteiger partial charge in [-0.1, -0.05) is 30.3 Å². The molecule has 0 unspecified atom stereocenters. The number of esters is 1. The maximum atomic E-state index is 12.1. The largest absolute Gasteiger partial charge is 0.497 e. The van der Waals surface area contributed by atoms with Crippen LogP contribution in [0.25, 0.3) is 21.5 Å². The summed E-state index contributed by atoms with van der Waals surface area (Å²) in [4.78, 5) is 12.1. The van der Waals surface area contributed by atoms with Crippen LogP contribution < -0.4 is 10.5 Å². The predicted molar refractivity (Wildman–Crippen MR) is 83.8 cm³/mol. The highest BCUT2D eigenvalue weighted by Crippen LogP contribution is 2.36. The fourth-order valence-corrected chi connectivity index (χ4v) is 2.65. The lowest BCUT2D eigenvalue weighted by Crippen LogP contribution is -2.07. The molecule has 0 aliphatic carbocycles. The van der Waals surface area contributed by atoms with Crippen molar-refractivity contribution in [2.24, 2.45) is 0 Å². The Morgan fingerprint density at radius 1 is 0.952 bits per heavy atom. The molecule has 4 nitrogen and oxygen atoms in total. The SMILES string of the molecule is COC(=O)c1c(N)c2ccccc2c2ccc(OC)cc12. The van der Waals surface area contributed by atoms with Crippen LogP contribution in [0.5, 0.6) is 5.75 Å². The molecule has 0 aliphatic rings. The highest BCUT2D eigenvalue weighted by molar-refractivity contribution is 6.22. The number of hydrogen-bond donors (Lipinski definition) is 1. The van der Waals surface area contributed by atoms with E-state index in [1.807, 2.05) is 42.5 Å². The average molecular weight is 281 g/mol. The number of methoxy groups -OCH3 is 2. The lowest BCUT2D eigenvalue weighted by Gasteiger charge is -2.14. The van der Waals surface area contributed by atoms with Gasteiger partial charge in [0, 0.05) is 10.8 Å². The van der Waals surface area contributed by atoms with Crippen LogP contribution in [-0.4, -0.2) is 20.2 Å². The quantitative estimate of drug-likeness (QED) is 0.444. The number of carbonyl (C=O) groups excluding carboxylic acids is 1. The number of anilines is 1. The van der Waals surface area contributed by atoms with Crippen LogP contribution in [0.2, 0.25) is 0 Å². The normalized spacial score (nSPS) is 10.8. The van der Waals surface area contributed by atoms with Crippen LogP contribution in [0.3, 0.4) is 0 Å². The van der Waals surface area contributed by atoms with E-state index in [0.29, 0.717) is 17.0 Å². The first kappa shape index (κ1) is 13.2. The monoisotopic (exact) mass is 281 g/mol. The summed E-state index contributed by atoms with van der Waals surface area (Å²) in [5.74, 6) is 0.221. The van der Waals surface area contributed by atoms with Gasteiger partial charge in [-0.2, -0.15) is 0 Å². The highest BCUT2D eigenvalue weighted by atomic mass is 16.5. The molecule has 0 atom stereocenters. The molecule has 0 amide bonds. The highest BCUT2D eigenvalue weighted by Gasteiger charge is 2.19. The molecule has 4 heteroatoms. The summed E-state index contributed by atoms with van der Waals surface area (Å²) < 4.78 is 10.1. The zero-order chi connectivity index (χ0) is 15.0. The lowest BCUT2D eigenvalue weighted by atomic mass is 9.95. The van der Waals surface area contributed by atoms with E-state index in [0.717, 1.165) is 21.5 Å². The number of nitrogens with two attached hydrogens (primary N) is 1. The molecule has 0 aliphatic heterocycles. The summed E-state index contributed by atoms with van der Waals surface area (Å²) in [6, 6.07) is 13.3. The Labute approximate surface area is 122 Å². The molecular formula is C17H15NO3. The van der Waals surface area contributed by atoms with Crippen molar-refractivity contribution in [3.05, 3.63) is 48.0 Å². The van der Waals surface area contributed by atoms with E-state index < -0.39 is 5.97 Å². The van der Waals surface area contributed by atoms with Gasteiger partial charge in [-0.15, -0.1) is 0 Å². The summed E-state index contributed by atoms with van der Waals surface area (Å²) in [5, 5.41) is 3.52. The Balaban J connectivity index is 2.55. The second kappa shape index (κ2) is 4.98. The maximum absolute atomic E-state index is 12.1. The van der Waals surface area contributed by atoms with Gasteiger partial charge >= 0.3 is 5.97 Å². The molecule has 3 rings (SSSR count). The molecule has 3 aromatic rings. The number of fused-ring (bicyclic) bond motifs is 3. The molecule has 2 N–H and O–H groups in total. The molecular weight excluding hydrogens is 266 g/mol. The Kier molecular flexibility index (Phi) is 3.14. The molecule has 0 saturated heterocycles. The van der Waals surface area contributed by atoms with Gasteiger partial charge in [-0.25, -0.2) is 4.79 Å². The molecule has 0 spiro atoms. The number of carbonyl (C=O) groups is 1. The first-order valence-electron chi connectivity index (χ1n) is 6.53. The third kappa shape index (κ3) is 1.96. The van der Waals surface area contributed by atoms with Crippen molar-refractivity contribution < 1.29 is 14.3 Å². The number of nitrogen functional groups attached to an aromatic ring is 1. The van der Waals surface area contributed by atoms with Crippen LogP contribution in [0.15, 0.2) is 42.5 Å². The van der Waals surface area contributed by atoms with Crippen molar-refractivity contribution in [1.29, 1.82) is 0 Å². The van der Waals surface area contributed by atoms with Crippen molar-refractivity contribution in [1.82, 2.24) is 0 Å². The second-order valence-electron chi connectivity index (χ2n) is 4.74. The van der Waals surface area contributed by atoms with E-state index in [1.54, 1.807) is 7.11 Å². The van der Waals surface area contributed by atoms with E-state index in [4.69, 9.17) is 15.2 Å². The molecule has 21 heavy (non-hydrogen) atoms. The molecule has 0 fully saturated rings. The van der Waals surface area contributed by atoms with Crippen molar-refractivity contribution in [2.75, 3.05) is 20.0 Å². The van der Waals surface area contributed by atoms with Crippen LogP contribution in [0, 0.1) is 0 Å². The van der Waals surface area contributed by atoms with Gasteiger partial charge in [-0.3, -0.25) is 0 Å². The van der Waals surface area contributed by atoms with Crippen LogP contribution in [0.4, 0.5) is 5.69 Å². The summed E-state index contributed by atoms with van der Waals surface area (Å²) in [6.45, 7) is 0. The number of hydrogen-bond acceptors (Lipinski definition) is 4. The zero-order valence-electron chi connectivity index (χ0n) is 11.8. The van der Waals surface area contributed by atoms with Crippen LogP contribution in [0.1, 0.15) is 10.4 Å². The fourth-order valence-electron chi connectivity index (χ4n) is 2.65. The van der Waals surface area contributed by atoms with E-state index in [2.05, 4.69) is 0 Å². The van der Waals surface area contributed by atoms with Gasteiger partial charge in [-0.05, 0) is 22.9 Å². The van der Waals surface area contributed by atoms with E-state index in [9.17, 15) is 4.79 Å². The Bertz CT molecular complexity index is 855. The van der Waals surface area contributed by atoms with E-state index in [1.165, 1.54) is 7.11 Å². The summed E-state index contributed by atoms with van der Waals surface area (Å²) in [6.07, 6.45) is 0. The molecule has 3 aromatic carbocycles. The van der Waals surface area contributed by atoms with Gasteiger partial charge in [0.1, 0.15) is 5.75 Å². The minimum absolute atomic E-state index is 0.380. The van der Waals surface area contributed by atoms with Gasteiger partial charge in [0.05, 0.1) is 25.5 Å². The number of rotatable bonds is 2. The van der Waals surface area contributed by atoms with Crippen molar-refractivity contribution in [3.8, 4) is 5.75 Å². The topological polar surface area (TPSA) is 61.5 Å². The van der Waals surface area contributed by atoms with Crippen molar-refractivity contribution in [2.45, 2.75) is 0 Å². The maximum Gasteiger partial charge on any atom is 0.340 e. The third-order valence-corrected chi connectivity index (χ3v) is 3.66. The summed E-state index contributed by atoms with van der Waals surface area (Å²) in [5.41, 5.74) is 7.02. The molecule has 0 saturated carbocycles. The van der Waals surface area contributed by atoms with Gasteiger partial charge in [0.2, 0.25) is 0 Å². The summed E-state index contributed by atoms with van der Waals surface area (Å²) in [7, 11) is 2.94. The summed E-state index contributed by atoms with van der Waals surface area (Å²) >= 11 is 0. The standard InChI is InChI=1S/C17H15NO3/c1-20-10-7-8-12-11-5-3-4-6-13(11)16(18)15(14(12)9-10)17(19)21-2/h3-9H,18H2,1-2H3. The smallest absolute Gasteiger partial charge is 0.340 e.